The Balaban J connectivity index is 0.00000176. The predicted octanol–water partition coefficient (Wildman–Crippen LogP) is 3.31. The van der Waals surface area contributed by atoms with Gasteiger partial charge in [0.1, 0.15) is 10.7 Å². The molecule has 0 spiro atoms. The summed E-state index contributed by atoms with van der Waals surface area (Å²) in [6.07, 6.45) is 0. The van der Waals surface area contributed by atoms with Crippen LogP contribution in [0.4, 0.5) is 0 Å². The number of halogens is 1. The van der Waals surface area contributed by atoms with Crippen molar-refractivity contribution >= 4 is 62.2 Å². The van der Waals surface area contributed by atoms with Crippen LogP contribution in [-0.4, -0.2) is 22.2 Å². The highest BCUT2D eigenvalue weighted by Gasteiger charge is 2.13. The molecule has 22 heavy (non-hydrogen) atoms. The first-order valence-corrected chi connectivity index (χ1v) is 8.83. The maximum atomic E-state index is 12.3. The lowest BCUT2D eigenvalue weighted by molar-refractivity contribution is 1.05. The second-order valence-corrected chi connectivity index (χ2v) is 6.97. The van der Waals surface area contributed by atoms with Crippen LogP contribution in [0.15, 0.2) is 32.7 Å². The number of thioether (sulfide) groups is 1. The van der Waals surface area contributed by atoms with Crippen LogP contribution >= 0.6 is 46.8 Å². The smallest absolute Gasteiger partial charge is 0.260 e. The number of nitrogens with one attached hydrogen (secondary N) is 1. The predicted molar refractivity (Wildman–Crippen MR) is 99.6 cm³/mol. The van der Waals surface area contributed by atoms with Crippen molar-refractivity contribution < 1.29 is 0 Å². The summed E-state index contributed by atoms with van der Waals surface area (Å²) in [5, 5.41) is 5.12. The van der Waals surface area contributed by atoms with Gasteiger partial charge in [0.15, 0.2) is 5.17 Å². The van der Waals surface area contributed by atoms with Gasteiger partial charge in [0.05, 0.1) is 11.1 Å². The fourth-order valence-corrected chi connectivity index (χ4v) is 4.21. The Morgan fingerprint density at radius 3 is 3.00 bits per heavy atom. The van der Waals surface area contributed by atoms with Crippen LogP contribution in [0.25, 0.3) is 20.7 Å². The molecule has 0 aliphatic rings. The second kappa shape index (κ2) is 7.28. The number of aromatic amines is 1. The van der Waals surface area contributed by atoms with Gasteiger partial charge in [0, 0.05) is 22.9 Å². The molecular weight excluding hydrogens is 360 g/mol. The minimum atomic E-state index is -0.104. The maximum absolute atomic E-state index is 12.3. The van der Waals surface area contributed by atoms with Crippen molar-refractivity contribution in [2.45, 2.75) is 5.75 Å². The molecule has 3 rings (SSSR count). The Hall–Kier alpha value is -1.35. The monoisotopic (exact) mass is 372 g/mol. The van der Waals surface area contributed by atoms with E-state index in [1.165, 1.54) is 23.1 Å². The molecule has 0 saturated carbocycles. The summed E-state index contributed by atoms with van der Waals surface area (Å²) in [7, 11) is 1.63. The highest BCUT2D eigenvalue weighted by Crippen LogP contribution is 2.33. The third-order valence-electron chi connectivity index (χ3n) is 2.86. The van der Waals surface area contributed by atoms with Gasteiger partial charge in [-0.2, -0.15) is 0 Å². The van der Waals surface area contributed by atoms with Gasteiger partial charge >= 0.3 is 0 Å². The van der Waals surface area contributed by atoms with E-state index in [2.05, 4.69) is 15.0 Å². The molecule has 3 aromatic heterocycles. The van der Waals surface area contributed by atoms with Crippen LogP contribution in [0, 0.1) is 0 Å². The van der Waals surface area contributed by atoms with Gasteiger partial charge in [-0.3, -0.25) is 9.79 Å². The first-order chi connectivity index (χ1) is 10.2. The summed E-state index contributed by atoms with van der Waals surface area (Å²) >= 11 is 4.45. The van der Waals surface area contributed by atoms with Crippen molar-refractivity contribution in [3.63, 3.8) is 0 Å². The van der Waals surface area contributed by atoms with Crippen LogP contribution in [0.2, 0.25) is 0 Å². The van der Waals surface area contributed by atoms with E-state index in [4.69, 9.17) is 5.73 Å². The minimum Gasteiger partial charge on any atom is -0.379 e. The third kappa shape index (κ3) is 3.35. The summed E-state index contributed by atoms with van der Waals surface area (Å²) in [5.41, 5.74) is 6.48. The van der Waals surface area contributed by atoms with Gasteiger partial charge in [0.25, 0.3) is 5.56 Å². The van der Waals surface area contributed by atoms with Crippen molar-refractivity contribution in [3.8, 4) is 10.4 Å². The molecule has 0 unspecified atom stereocenters. The molecule has 0 amide bonds. The van der Waals surface area contributed by atoms with Crippen molar-refractivity contribution in [1.82, 2.24) is 9.97 Å². The van der Waals surface area contributed by atoms with E-state index in [-0.39, 0.29) is 18.0 Å². The van der Waals surface area contributed by atoms with Crippen molar-refractivity contribution in [2.24, 2.45) is 10.7 Å². The molecule has 0 radical (unpaired) electrons. The van der Waals surface area contributed by atoms with E-state index in [0.717, 1.165) is 15.3 Å². The number of H-pyrrole nitrogens is 1. The van der Waals surface area contributed by atoms with E-state index in [1.54, 1.807) is 18.4 Å². The average Bonchev–Trinajstić information content (AvgIpc) is 3.13. The van der Waals surface area contributed by atoms with Crippen LogP contribution < -0.4 is 11.3 Å². The zero-order valence-electron chi connectivity index (χ0n) is 11.5. The van der Waals surface area contributed by atoms with E-state index in [1.807, 2.05) is 22.9 Å². The Labute approximate surface area is 145 Å². The second-order valence-electron chi connectivity index (χ2n) is 4.17. The summed E-state index contributed by atoms with van der Waals surface area (Å²) in [5.74, 6) is 1.12. The Bertz CT molecular complexity index is 854. The first kappa shape index (κ1) is 17.0. The van der Waals surface area contributed by atoms with Crippen LogP contribution in [0.3, 0.4) is 0 Å². The van der Waals surface area contributed by atoms with Gasteiger partial charge in [-0.05, 0) is 11.4 Å². The normalized spacial score (nSPS) is 11.6. The number of hydrogen-bond donors (Lipinski definition) is 2. The van der Waals surface area contributed by atoms with Gasteiger partial charge in [-0.1, -0.05) is 17.8 Å². The minimum absolute atomic E-state index is 0. The lowest BCUT2D eigenvalue weighted by Crippen LogP contribution is -2.12. The summed E-state index contributed by atoms with van der Waals surface area (Å²) in [6.45, 7) is 0. The number of amidine groups is 1. The van der Waals surface area contributed by atoms with Crippen LogP contribution in [0.1, 0.15) is 5.82 Å². The number of thiophene rings is 2. The molecule has 3 aromatic rings. The first-order valence-electron chi connectivity index (χ1n) is 6.08. The molecule has 116 valence electrons. The van der Waals surface area contributed by atoms with E-state index in [0.29, 0.717) is 22.1 Å². The fraction of sp³-hybridized carbons (Fsp3) is 0.154. The number of nitrogens with two attached hydrogens (primary N) is 1. The number of rotatable bonds is 3. The number of aromatic nitrogens is 2. The molecule has 0 fully saturated rings. The highest BCUT2D eigenvalue weighted by atomic mass is 35.5. The Morgan fingerprint density at radius 1 is 1.50 bits per heavy atom. The SMILES string of the molecule is CN=C(N)SCc1nc2scc(-c3cccs3)c2c(=O)[nH]1.Cl. The van der Waals surface area contributed by atoms with Crippen LogP contribution in [-0.2, 0) is 5.75 Å². The molecule has 0 aliphatic heterocycles. The van der Waals surface area contributed by atoms with Crippen LogP contribution in [0.5, 0.6) is 0 Å². The van der Waals surface area contributed by atoms with Crippen molar-refractivity contribution in [2.75, 3.05) is 7.05 Å². The molecule has 0 aliphatic carbocycles. The van der Waals surface area contributed by atoms with E-state index in [9.17, 15) is 4.79 Å². The molecule has 0 atom stereocenters. The Morgan fingerprint density at radius 2 is 2.32 bits per heavy atom. The molecule has 0 bridgehead atoms. The van der Waals surface area contributed by atoms with Gasteiger partial charge < -0.3 is 10.7 Å². The number of fused-ring (bicyclic) bond motifs is 1. The number of aliphatic imine (C=N–C) groups is 1. The lowest BCUT2D eigenvalue weighted by atomic mass is 10.2. The maximum Gasteiger partial charge on any atom is 0.260 e. The summed E-state index contributed by atoms with van der Waals surface area (Å²) in [4.78, 5) is 25.4. The van der Waals surface area contributed by atoms with E-state index >= 15 is 0 Å². The third-order valence-corrected chi connectivity index (χ3v) is 5.53. The van der Waals surface area contributed by atoms with Gasteiger partial charge in [0.2, 0.25) is 0 Å². The quantitative estimate of drug-likeness (QED) is 0.545. The highest BCUT2D eigenvalue weighted by molar-refractivity contribution is 8.13. The zero-order valence-corrected chi connectivity index (χ0v) is 14.8. The molecule has 3 N–H and O–H groups in total. The Kier molecular flexibility index (Phi) is 5.63. The molecule has 0 aromatic carbocycles. The molecule has 9 heteroatoms. The standard InChI is InChI=1S/C13H12N4OS3.ClH/c1-15-13(14)21-6-9-16-11(18)10-7(5-20-12(10)17-9)8-3-2-4-19-8;/h2-5H,6H2,1H3,(H2,14,15)(H,16,17,18);1H. The van der Waals surface area contributed by atoms with Crippen molar-refractivity contribution in [3.05, 3.63) is 39.1 Å². The summed E-state index contributed by atoms with van der Waals surface area (Å²) in [6, 6.07) is 3.98. The van der Waals surface area contributed by atoms with Crippen molar-refractivity contribution in [1.29, 1.82) is 0 Å². The zero-order chi connectivity index (χ0) is 14.8. The van der Waals surface area contributed by atoms with Gasteiger partial charge in [-0.25, -0.2) is 4.98 Å². The lowest BCUT2D eigenvalue weighted by Gasteiger charge is -2.01. The molecule has 5 nitrogen and oxygen atoms in total. The molecule has 3 heterocycles. The number of nitrogens with zero attached hydrogens (tertiary/aromatic N) is 2. The topological polar surface area (TPSA) is 84.1 Å². The van der Waals surface area contributed by atoms with Gasteiger partial charge in [-0.15, -0.1) is 35.1 Å². The summed E-state index contributed by atoms with van der Waals surface area (Å²) < 4.78 is 0. The molecular formula is C13H13ClN4OS3. The number of hydrogen-bond acceptors (Lipinski definition) is 6. The average molecular weight is 373 g/mol. The van der Waals surface area contributed by atoms with E-state index < -0.39 is 0 Å². The molecule has 0 saturated heterocycles. The largest absolute Gasteiger partial charge is 0.379 e. The fourth-order valence-electron chi connectivity index (χ4n) is 1.88.